The highest BCUT2D eigenvalue weighted by Crippen LogP contribution is 2.32. The normalized spacial score (nSPS) is 12.8. The third kappa shape index (κ3) is 4.06. The maximum Gasteiger partial charge on any atom is 0.237 e. The molecule has 0 N–H and O–H groups in total. The van der Waals surface area contributed by atoms with Crippen molar-refractivity contribution < 1.29 is 4.79 Å². The number of aromatic nitrogens is 2. The van der Waals surface area contributed by atoms with Gasteiger partial charge in [-0.1, -0.05) is 77.5 Å². The van der Waals surface area contributed by atoms with Crippen LogP contribution >= 0.6 is 23.4 Å². The highest BCUT2D eigenvalue weighted by molar-refractivity contribution is 7.99. The number of aryl methyl sites for hydroxylation is 1. The van der Waals surface area contributed by atoms with Crippen LogP contribution in [-0.4, -0.2) is 27.8 Å². The van der Waals surface area contributed by atoms with E-state index in [4.69, 9.17) is 11.6 Å². The van der Waals surface area contributed by atoms with Crippen molar-refractivity contribution in [2.45, 2.75) is 18.5 Å². The number of benzene rings is 3. The quantitative estimate of drug-likeness (QED) is 0.334. The molecule has 0 unspecified atom stereocenters. The summed E-state index contributed by atoms with van der Waals surface area (Å²) in [5, 5.41) is 1.43. The topological polar surface area (TPSA) is 38.1 Å². The van der Waals surface area contributed by atoms with Crippen LogP contribution in [0.15, 0.2) is 84.1 Å². The van der Waals surface area contributed by atoms with Crippen LogP contribution in [0.4, 0.5) is 5.69 Å². The summed E-state index contributed by atoms with van der Waals surface area (Å²) in [6.45, 7) is 2.80. The maximum atomic E-state index is 13.0. The predicted octanol–water partition coefficient (Wildman–Crippen LogP) is 6.18. The monoisotopic (exact) mass is 459 g/mol. The first-order valence-electron chi connectivity index (χ1n) is 10.5. The van der Waals surface area contributed by atoms with Crippen LogP contribution in [0.2, 0.25) is 5.02 Å². The van der Waals surface area contributed by atoms with Gasteiger partial charge in [0.2, 0.25) is 5.91 Å². The SMILES string of the molecule is Cc1ccc(-c2cnc(SCC(=O)N3CCc4ccccc43)n2-c2cccc(Cl)c2)cc1. The molecule has 0 fully saturated rings. The van der Waals surface area contributed by atoms with Gasteiger partial charge in [-0.15, -0.1) is 0 Å². The number of fused-ring (bicyclic) bond motifs is 1. The number of halogens is 1. The second-order valence-electron chi connectivity index (χ2n) is 7.82. The molecule has 1 aliphatic heterocycles. The molecule has 160 valence electrons. The zero-order valence-electron chi connectivity index (χ0n) is 17.7. The zero-order chi connectivity index (χ0) is 22.1. The lowest BCUT2D eigenvalue weighted by Crippen LogP contribution is -2.30. The number of imidazole rings is 1. The lowest BCUT2D eigenvalue weighted by molar-refractivity contribution is -0.116. The minimum absolute atomic E-state index is 0.0949. The number of anilines is 1. The first-order chi connectivity index (χ1) is 15.6. The summed E-state index contributed by atoms with van der Waals surface area (Å²) in [6.07, 6.45) is 2.77. The number of nitrogens with zero attached hydrogens (tertiary/aromatic N) is 3. The molecule has 0 saturated carbocycles. The molecule has 0 aliphatic carbocycles. The predicted molar refractivity (Wildman–Crippen MR) is 132 cm³/mol. The van der Waals surface area contributed by atoms with Gasteiger partial charge in [-0.25, -0.2) is 4.98 Å². The van der Waals surface area contributed by atoms with Crippen molar-refractivity contribution in [3.05, 3.63) is 95.1 Å². The van der Waals surface area contributed by atoms with Crippen molar-refractivity contribution >= 4 is 35.0 Å². The van der Waals surface area contributed by atoms with E-state index in [0.717, 1.165) is 40.8 Å². The Kier molecular flexibility index (Phi) is 5.77. The van der Waals surface area contributed by atoms with Crippen molar-refractivity contribution in [1.82, 2.24) is 9.55 Å². The number of thioether (sulfide) groups is 1. The van der Waals surface area contributed by atoms with Gasteiger partial charge in [0.05, 0.1) is 17.6 Å². The number of carbonyl (C=O) groups excluding carboxylic acids is 1. The number of hydrogen-bond donors (Lipinski definition) is 0. The van der Waals surface area contributed by atoms with E-state index in [1.54, 1.807) is 0 Å². The Morgan fingerprint density at radius 3 is 2.69 bits per heavy atom. The fourth-order valence-electron chi connectivity index (χ4n) is 4.03. The van der Waals surface area contributed by atoms with Crippen LogP contribution in [0.3, 0.4) is 0 Å². The Morgan fingerprint density at radius 1 is 1.06 bits per heavy atom. The molecule has 0 radical (unpaired) electrons. The first-order valence-corrected chi connectivity index (χ1v) is 11.9. The van der Waals surface area contributed by atoms with Gasteiger partial charge in [0, 0.05) is 28.5 Å². The van der Waals surface area contributed by atoms with E-state index < -0.39 is 0 Å². The molecule has 0 saturated heterocycles. The molecule has 6 heteroatoms. The fraction of sp³-hybridized carbons (Fsp3) is 0.154. The Hall–Kier alpha value is -3.02. The standard InChI is InChI=1S/C26H22ClN3OS/c1-18-9-11-20(12-10-18)24-16-28-26(30(24)22-7-4-6-21(27)15-22)32-17-25(31)29-14-13-19-5-2-3-8-23(19)29/h2-12,15-16H,13-14,17H2,1H3. The molecule has 32 heavy (non-hydrogen) atoms. The third-order valence-electron chi connectivity index (χ3n) is 5.66. The Labute approximate surface area is 196 Å². The van der Waals surface area contributed by atoms with Crippen molar-refractivity contribution in [3.63, 3.8) is 0 Å². The summed E-state index contributed by atoms with van der Waals surface area (Å²) in [5.74, 6) is 0.414. The van der Waals surface area contributed by atoms with E-state index in [9.17, 15) is 4.79 Å². The summed E-state index contributed by atoms with van der Waals surface area (Å²) in [7, 11) is 0. The molecule has 0 bridgehead atoms. The number of carbonyl (C=O) groups is 1. The lowest BCUT2D eigenvalue weighted by Gasteiger charge is -2.17. The van der Waals surface area contributed by atoms with Crippen LogP contribution in [0.5, 0.6) is 0 Å². The largest absolute Gasteiger partial charge is 0.311 e. The van der Waals surface area contributed by atoms with Gasteiger partial charge in [-0.3, -0.25) is 9.36 Å². The second-order valence-corrected chi connectivity index (χ2v) is 9.20. The average molecular weight is 460 g/mol. The van der Waals surface area contributed by atoms with E-state index >= 15 is 0 Å². The van der Waals surface area contributed by atoms with Crippen LogP contribution in [0.1, 0.15) is 11.1 Å². The average Bonchev–Trinajstić information content (AvgIpc) is 3.42. The molecule has 3 aromatic carbocycles. The number of amides is 1. The van der Waals surface area contributed by atoms with E-state index in [-0.39, 0.29) is 5.91 Å². The summed E-state index contributed by atoms with van der Waals surface area (Å²) >= 11 is 7.75. The highest BCUT2D eigenvalue weighted by Gasteiger charge is 2.25. The van der Waals surface area contributed by atoms with Gasteiger partial charge >= 0.3 is 0 Å². The molecule has 1 aromatic heterocycles. The summed E-state index contributed by atoms with van der Waals surface area (Å²) in [6, 6.07) is 24.2. The van der Waals surface area contributed by atoms with Crippen molar-refractivity contribution in [2.75, 3.05) is 17.2 Å². The third-order valence-corrected chi connectivity index (χ3v) is 6.83. The van der Waals surface area contributed by atoms with Gasteiger partial charge in [-0.2, -0.15) is 0 Å². The minimum atomic E-state index is 0.0949. The number of para-hydroxylation sites is 1. The van der Waals surface area contributed by atoms with Crippen LogP contribution in [-0.2, 0) is 11.2 Å². The molecular weight excluding hydrogens is 438 g/mol. The Balaban J connectivity index is 1.45. The van der Waals surface area contributed by atoms with Gasteiger partial charge in [0.25, 0.3) is 0 Å². The molecule has 1 amide bonds. The van der Waals surface area contributed by atoms with Crippen molar-refractivity contribution in [2.24, 2.45) is 0 Å². The van der Waals surface area contributed by atoms with Gasteiger partial charge in [0.1, 0.15) is 0 Å². The van der Waals surface area contributed by atoms with Crippen LogP contribution in [0.25, 0.3) is 16.9 Å². The maximum absolute atomic E-state index is 13.0. The molecule has 2 heterocycles. The first kappa shape index (κ1) is 20.9. The van der Waals surface area contributed by atoms with E-state index in [0.29, 0.717) is 10.8 Å². The van der Waals surface area contributed by atoms with E-state index in [2.05, 4.69) is 46.8 Å². The van der Waals surface area contributed by atoms with E-state index in [1.807, 2.05) is 53.6 Å². The summed E-state index contributed by atoms with van der Waals surface area (Å²) in [5.41, 5.74) is 6.41. The number of rotatable bonds is 5. The molecular formula is C26H22ClN3OS. The van der Waals surface area contributed by atoms with Gasteiger partial charge < -0.3 is 4.90 Å². The smallest absolute Gasteiger partial charge is 0.237 e. The molecule has 4 aromatic rings. The summed E-state index contributed by atoms with van der Waals surface area (Å²) < 4.78 is 2.08. The second kappa shape index (κ2) is 8.85. The lowest BCUT2D eigenvalue weighted by atomic mass is 10.1. The molecule has 0 spiro atoms. The molecule has 5 rings (SSSR count). The van der Waals surface area contributed by atoms with Gasteiger partial charge in [-0.05, 0) is 43.2 Å². The van der Waals surface area contributed by atoms with Crippen molar-refractivity contribution in [3.8, 4) is 16.9 Å². The summed E-state index contributed by atoms with van der Waals surface area (Å²) in [4.78, 5) is 19.6. The fourth-order valence-corrected chi connectivity index (χ4v) is 5.08. The van der Waals surface area contributed by atoms with Crippen LogP contribution in [0, 0.1) is 6.92 Å². The zero-order valence-corrected chi connectivity index (χ0v) is 19.2. The minimum Gasteiger partial charge on any atom is -0.311 e. The molecule has 0 atom stereocenters. The highest BCUT2D eigenvalue weighted by atomic mass is 35.5. The Bertz CT molecular complexity index is 1280. The van der Waals surface area contributed by atoms with Crippen LogP contribution < -0.4 is 4.90 Å². The van der Waals surface area contributed by atoms with Gasteiger partial charge in [0.15, 0.2) is 5.16 Å². The Morgan fingerprint density at radius 2 is 1.88 bits per heavy atom. The van der Waals surface area contributed by atoms with E-state index in [1.165, 1.54) is 22.9 Å². The molecule has 4 nitrogen and oxygen atoms in total. The number of hydrogen-bond acceptors (Lipinski definition) is 3. The van der Waals surface area contributed by atoms with Crippen molar-refractivity contribution in [1.29, 1.82) is 0 Å². The molecule has 1 aliphatic rings.